The molecule has 0 aliphatic heterocycles. The van der Waals surface area contributed by atoms with Crippen LogP contribution in [0.15, 0.2) is 30.6 Å². The number of rotatable bonds is 6. The molecule has 3 unspecified atom stereocenters. The summed E-state index contributed by atoms with van der Waals surface area (Å²) in [5, 5.41) is 0. The molecule has 2 aromatic rings. The number of nitrogens with two attached hydrogens (primary N) is 1. The second kappa shape index (κ2) is 6.29. The lowest BCUT2D eigenvalue weighted by Crippen LogP contribution is -2.46. The van der Waals surface area contributed by atoms with Crippen LogP contribution in [0.2, 0.25) is 0 Å². The molecule has 0 spiro atoms. The highest BCUT2D eigenvalue weighted by atomic mass is 79.9. The molecule has 2 rings (SSSR count). The second-order valence-corrected chi connectivity index (χ2v) is 8.18. The molecule has 9 heteroatoms. The van der Waals surface area contributed by atoms with Crippen LogP contribution in [0.3, 0.4) is 0 Å². The third-order valence-electron chi connectivity index (χ3n) is 2.96. The summed E-state index contributed by atoms with van der Waals surface area (Å²) in [5.74, 6) is -2.73. The van der Waals surface area contributed by atoms with Crippen molar-refractivity contribution in [3.63, 3.8) is 0 Å². The minimum absolute atomic E-state index is 0.115. The molecule has 0 bridgehead atoms. The van der Waals surface area contributed by atoms with Crippen molar-refractivity contribution >= 4 is 35.0 Å². The van der Waals surface area contributed by atoms with Gasteiger partial charge in [0.25, 0.3) is 5.98 Å². The minimum Gasteiger partial charge on any atom is -0.591 e. The van der Waals surface area contributed by atoms with Gasteiger partial charge in [-0.05, 0) is 18.1 Å². The van der Waals surface area contributed by atoms with Crippen LogP contribution in [0.1, 0.15) is 20.3 Å². The Labute approximate surface area is 136 Å². The Balaban J connectivity index is 2.47. The highest BCUT2D eigenvalue weighted by molar-refractivity contribution is 9.10. The summed E-state index contributed by atoms with van der Waals surface area (Å²) in [6.45, 7) is 3.51. The predicted molar refractivity (Wildman–Crippen MR) is 82.8 cm³/mol. The summed E-state index contributed by atoms with van der Waals surface area (Å²) in [5.41, 5.74) is 6.50. The van der Waals surface area contributed by atoms with Crippen LogP contribution in [0.5, 0.6) is 0 Å². The van der Waals surface area contributed by atoms with Gasteiger partial charge in [-0.25, -0.2) is 4.98 Å². The van der Waals surface area contributed by atoms with Gasteiger partial charge in [0, 0.05) is 22.4 Å². The summed E-state index contributed by atoms with van der Waals surface area (Å²) in [6, 6.07) is 6.83. The molecule has 3 atom stereocenters. The maximum Gasteiger partial charge on any atom is 0.407 e. The number of benzene rings is 1. The zero-order valence-electron chi connectivity index (χ0n) is 12.1. The molecular weight excluding hydrogens is 376 g/mol. The van der Waals surface area contributed by atoms with Crippen LogP contribution in [-0.2, 0) is 13.7 Å². The topological polar surface area (TPSA) is 93.2 Å². The van der Waals surface area contributed by atoms with Gasteiger partial charge in [-0.15, -0.1) is 0 Å². The highest BCUT2D eigenvalue weighted by Gasteiger charge is 2.51. The molecule has 0 saturated heterocycles. The van der Waals surface area contributed by atoms with Gasteiger partial charge in [0.15, 0.2) is 0 Å². The van der Waals surface area contributed by atoms with E-state index in [2.05, 4.69) is 20.9 Å². The van der Waals surface area contributed by atoms with Crippen molar-refractivity contribution in [1.82, 2.24) is 9.55 Å². The Morgan fingerprint density at radius 1 is 1.55 bits per heavy atom. The highest BCUT2D eigenvalue weighted by Crippen LogP contribution is 2.48. The summed E-state index contributed by atoms with van der Waals surface area (Å²) in [6.07, 6.45) is 1.10. The number of ether oxygens (including phenoxy) is 1. The van der Waals surface area contributed by atoms with Gasteiger partial charge in [0.2, 0.25) is 0 Å². The van der Waals surface area contributed by atoms with Crippen molar-refractivity contribution in [3.05, 3.63) is 30.6 Å². The minimum atomic E-state index is -3.26. The zero-order chi connectivity index (χ0) is 16.5. The summed E-state index contributed by atoms with van der Waals surface area (Å²) in [4.78, 5) is 15.8. The van der Waals surface area contributed by atoms with E-state index >= 15 is 0 Å². The molecule has 0 aliphatic carbocycles. The molecule has 120 valence electrons. The molecule has 22 heavy (non-hydrogen) atoms. The van der Waals surface area contributed by atoms with E-state index < -0.39 is 18.4 Å². The Kier molecular flexibility index (Phi) is 4.99. The molecule has 0 radical (unpaired) electrons. The Bertz CT molecular complexity index is 694. The standard InChI is InChI=1S/C13H16BrFN3O3P/c1-9(2)7-12(15,16)21-13(14,22(19)20)18-8-17-10-5-3-4-6-11(10)18/h3-6,8-9H,7,16H2,1-2H3. The summed E-state index contributed by atoms with van der Waals surface area (Å²) >= 11 is 2.97. The number of hydrogen-bond donors (Lipinski definition) is 1. The molecule has 1 aromatic carbocycles. The number of fused-ring (bicyclic) bond motifs is 1. The maximum atomic E-state index is 14.4. The average Bonchev–Trinajstić information content (AvgIpc) is 2.80. The quantitative estimate of drug-likeness (QED) is 0.353. The molecular formula is C13H16BrFN3O3P. The van der Waals surface area contributed by atoms with E-state index in [1.54, 1.807) is 38.1 Å². The first-order valence-electron chi connectivity index (χ1n) is 6.59. The van der Waals surface area contributed by atoms with Crippen molar-refractivity contribution in [2.45, 2.75) is 30.6 Å². The first kappa shape index (κ1) is 17.4. The van der Waals surface area contributed by atoms with Crippen molar-refractivity contribution < 1.29 is 18.6 Å². The van der Waals surface area contributed by atoms with Gasteiger partial charge < -0.3 is 4.89 Å². The van der Waals surface area contributed by atoms with E-state index in [0.717, 1.165) is 0 Å². The van der Waals surface area contributed by atoms with Crippen LogP contribution in [0, 0.1) is 5.92 Å². The molecule has 0 saturated carbocycles. The first-order valence-corrected chi connectivity index (χ1v) is 8.57. The van der Waals surface area contributed by atoms with Gasteiger partial charge >= 0.3 is 12.4 Å². The van der Waals surface area contributed by atoms with Crippen molar-refractivity contribution in [3.8, 4) is 0 Å². The first-order chi connectivity index (χ1) is 10.2. The normalized spacial score (nSPS) is 18.2. The predicted octanol–water partition coefficient (Wildman–Crippen LogP) is 2.75. The number of aromatic nitrogens is 2. The van der Waals surface area contributed by atoms with Gasteiger partial charge in [-0.1, -0.05) is 30.5 Å². The second-order valence-electron chi connectivity index (χ2n) is 5.38. The smallest absolute Gasteiger partial charge is 0.407 e. The van der Waals surface area contributed by atoms with E-state index in [9.17, 15) is 13.8 Å². The number of nitrogens with zero attached hydrogens (tertiary/aromatic N) is 2. The monoisotopic (exact) mass is 391 g/mol. The lowest BCUT2D eigenvalue weighted by molar-refractivity contribution is -0.225. The fourth-order valence-corrected chi connectivity index (χ4v) is 3.28. The summed E-state index contributed by atoms with van der Waals surface area (Å²) < 4.78 is 30.3. The third-order valence-corrected chi connectivity index (χ3v) is 5.13. The number of alkyl halides is 2. The van der Waals surface area contributed by atoms with E-state index in [-0.39, 0.29) is 12.3 Å². The van der Waals surface area contributed by atoms with Crippen molar-refractivity contribution in [2.24, 2.45) is 11.7 Å². The van der Waals surface area contributed by atoms with Crippen LogP contribution >= 0.6 is 24.0 Å². The van der Waals surface area contributed by atoms with E-state index in [1.165, 1.54) is 10.9 Å². The maximum absolute atomic E-state index is 14.4. The Hall–Kier alpha value is -0.920. The van der Waals surface area contributed by atoms with Gasteiger partial charge in [0.05, 0.1) is 11.0 Å². The molecule has 1 heterocycles. The number of imidazole rings is 1. The van der Waals surface area contributed by atoms with E-state index in [4.69, 9.17) is 10.5 Å². The SMILES string of the molecule is CC(C)CC(N)(F)OC(Br)(n1cnc2ccccc21)[P+](=O)[O-]. The fourth-order valence-electron chi connectivity index (χ4n) is 2.17. The molecule has 0 fully saturated rings. The third kappa shape index (κ3) is 3.52. The fraction of sp³-hybridized carbons (Fsp3) is 0.462. The lowest BCUT2D eigenvalue weighted by Gasteiger charge is -2.29. The van der Waals surface area contributed by atoms with Gasteiger partial charge in [0.1, 0.15) is 6.33 Å². The van der Waals surface area contributed by atoms with Crippen molar-refractivity contribution in [1.29, 1.82) is 0 Å². The van der Waals surface area contributed by atoms with Gasteiger partial charge in [-0.3, -0.25) is 15.0 Å². The molecule has 0 aliphatic rings. The van der Waals surface area contributed by atoms with E-state index in [0.29, 0.717) is 11.0 Å². The largest absolute Gasteiger partial charge is 0.591 e. The Morgan fingerprint density at radius 3 is 2.77 bits per heavy atom. The number of hydrogen-bond acceptors (Lipinski definition) is 5. The zero-order valence-corrected chi connectivity index (χ0v) is 14.6. The van der Waals surface area contributed by atoms with Gasteiger partial charge in [-0.2, -0.15) is 4.39 Å². The van der Waals surface area contributed by atoms with Crippen LogP contribution in [0.4, 0.5) is 4.39 Å². The number of halogens is 2. The molecule has 2 N–H and O–H groups in total. The van der Waals surface area contributed by atoms with Crippen LogP contribution in [-0.4, -0.2) is 15.5 Å². The molecule has 6 nitrogen and oxygen atoms in total. The lowest BCUT2D eigenvalue weighted by atomic mass is 10.1. The van der Waals surface area contributed by atoms with Crippen molar-refractivity contribution in [2.75, 3.05) is 0 Å². The number of para-hydroxylation sites is 2. The van der Waals surface area contributed by atoms with Crippen LogP contribution in [0.25, 0.3) is 11.0 Å². The Morgan fingerprint density at radius 2 is 2.18 bits per heavy atom. The van der Waals surface area contributed by atoms with E-state index in [1.807, 2.05) is 0 Å². The molecule has 0 amide bonds. The average molecular weight is 392 g/mol. The summed E-state index contributed by atoms with van der Waals surface area (Å²) in [7, 11) is -3.26. The molecule has 1 aromatic heterocycles. The van der Waals surface area contributed by atoms with Crippen LogP contribution < -0.4 is 10.6 Å².